The molecular weight excluding hydrogens is 366 g/mol. The minimum absolute atomic E-state index is 0.266. The Morgan fingerprint density at radius 1 is 1.19 bits per heavy atom. The summed E-state index contributed by atoms with van der Waals surface area (Å²) in [6, 6.07) is 7.86. The second kappa shape index (κ2) is 7.65. The molecule has 0 radical (unpaired) electrons. The van der Waals surface area contributed by atoms with Gasteiger partial charge in [-0.3, -0.25) is 9.78 Å². The summed E-state index contributed by atoms with van der Waals surface area (Å²) in [5.74, 6) is -0.00751. The third-order valence-electron chi connectivity index (χ3n) is 3.68. The first kappa shape index (κ1) is 18.1. The standard InChI is InChI=1S/C18H12ClN7O/c1-11(25-18(27)14-4-12(7-20)5-15(19)6-14)16-17(23-3-2-22-16)26-10-13(8-21)9-24-26/h2-6,9-11H,1H3,(H,25,27). The van der Waals surface area contributed by atoms with Crippen LogP contribution in [0.1, 0.15) is 40.1 Å². The van der Waals surface area contributed by atoms with Crippen molar-refractivity contribution in [3.8, 4) is 18.0 Å². The van der Waals surface area contributed by atoms with Crippen LogP contribution in [-0.4, -0.2) is 25.7 Å². The van der Waals surface area contributed by atoms with Crippen LogP contribution in [0.15, 0.2) is 43.0 Å². The average Bonchev–Trinajstić information content (AvgIpc) is 3.16. The maximum atomic E-state index is 12.6. The Morgan fingerprint density at radius 3 is 2.63 bits per heavy atom. The monoisotopic (exact) mass is 377 g/mol. The highest BCUT2D eigenvalue weighted by Gasteiger charge is 2.19. The summed E-state index contributed by atoms with van der Waals surface area (Å²) in [4.78, 5) is 21.1. The van der Waals surface area contributed by atoms with E-state index >= 15 is 0 Å². The van der Waals surface area contributed by atoms with Crippen molar-refractivity contribution in [3.63, 3.8) is 0 Å². The maximum Gasteiger partial charge on any atom is 0.251 e. The van der Waals surface area contributed by atoms with Gasteiger partial charge in [0, 0.05) is 23.0 Å². The van der Waals surface area contributed by atoms with Crippen LogP contribution in [-0.2, 0) is 0 Å². The van der Waals surface area contributed by atoms with Crippen molar-refractivity contribution in [1.82, 2.24) is 25.1 Å². The Labute approximate surface area is 159 Å². The Bertz CT molecular complexity index is 1090. The lowest BCUT2D eigenvalue weighted by atomic mass is 10.1. The topological polar surface area (TPSA) is 120 Å². The first-order valence-corrected chi connectivity index (χ1v) is 8.17. The first-order valence-electron chi connectivity index (χ1n) is 7.79. The van der Waals surface area contributed by atoms with Crippen molar-refractivity contribution in [2.45, 2.75) is 13.0 Å². The number of benzene rings is 1. The summed E-state index contributed by atoms with van der Waals surface area (Å²) in [5, 5.41) is 25.2. The molecule has 2 heterocycles. The zero-order valence-electron chi connectivity index (χ0n) is 14.1. The largest absolute Gasteiger partial charge is 0.344 e. The molecule has 0 spiro atoms. The van der Waals surface area contributed by atoms with E-state index in [0.29, 0.717) is 27.7 Å². The number of carbonyl (C=O) groups is 1. The van der Waals surface area contributed by atoms with Gasteiger partial charge in [0.1, 0.15) is 11.8 Å². The second-order valence-corrected chi connectivity index (χ2v) is 6.02. The number of nitrogens with zero attached hydrogens (tertiary/aromatic N) is 6. The fourth-order valence-electron chi connectivity index (χ4n) is 2.45. The Kier molecular flexibility index (Phi) is 5.11. The molecular formula is C18H12ClN7O. The number of rotatable bonds is 4. The molecule has 0 saturated heterocycles. The van der Waals surface area contributed by atoms with Gasteiger partial charge in [0.2, 0.25) is 0 Å². The predicted molar refractivity (Wildman–Crippen MR) is 95.9 cm³/mol. The van der Waals surface area contributed by atoms with E-state index in [4.69, 9.17) is 22.1 Å². The van der Waals surface area contributed by atoms with E-state index in [1.807, 2.05) is 12.1 Å². The molecule has 1 aromatic carbocycles. The maximum absolute atomic E-state index is 12.6. The van der Waals surface area contributed by atoms with E-state index in [0.717, 1.165) is 0 Å². The molecule has 0 saturated carbocycles. The molecule has 0 aliphatic heterocycles. The summed E-state index contributed by atoms with van der Waals surface area (Å²) >= 11 is 5.96. The van der Waals surface area contributed by atoms with Gasteiger partial charge in [-0.2, -0.15) is 15.6 Å². The van der Waals surface area contributed by atoms with Gasteiger partial charge < -0.3 is 5.32 Å². The van der Waals surface area contributed by atoms with E-state index < -0.39 is 11.9 Å². The van der Waals surface area contributed by atoms with E-state index in [1.54, 1.807) is 6.92 Å². The van der Waals surface area contributed by atoms with Crippen LogP contribution in [0.4, 0.5) is 0 Å². The van der Waals surface area contributed by atoms with Crippen molar-refractivity contribution in [2.24, 2.45) is 0 Å². The van der Waals surface area contributed by atoms with Gasteiger partial charge in [-0.05, 0) is 25.1 Å². The molecule has 0 aliphatic rings. The molecule has 3 aromatic rings. The lowest BCUT2D eigenvalue weighted by molar-refractivity contribution is 0.0939. The van der Waals surface area contributed by atoms with Crippen LogP contribution >= 0.6 is 11.6 Å². The summed E-state index contributed by atoms with van der Waals surface area (Å²) in [5.41, 5.74) is 1.41. The molecule has 9 heteroatoms. The minimum Gasteiger partial charge on any atom is -0.344 e. The van der Waals surface area contributed by atoms with Gasteiger partial charge in [-0.1, -0.05) is 11.6 Å². The van der Waals surface area contributed by atoms with E-state index in [2.05, 4.69) is 20.4 Å². The normalized spacial score (nSPS) is 11.3. The van der Waals surface area contributed by atoms with Gasteiger partial charge in [-0.25, -0.2) is 9.67 Å². The molecule has 0 bridgehead atoms. The number of hydrogen-bond donors (Lipinski definition) is 1. The zero-order valence-corrected chi connectivity index (χ0v) is 14.8. The number of carbonyl (C=O) groups excluding carboxylic acids is 1. The highest BCUT2D eigenvalue weighted by molar-refractivity contribution is 6.31. The molecule has 0 fully saturated rings. The van der Waals surface area contributed by atoms with Crippen molar-refractivity contribution in [1.29, 1.82) is 10.5 Å². The Hall–Kier alpha value is -3.75. The summed E-state index contributed by atoms with van der Waals surface area (Å²) < 4.78 is 1.43. The highest BCUT2D eigenvalue weighted by Crippen LogP contribution is 2.19. The molecule has 27 heavy (non-hydrogen) atoms. The molecule has 132 valence electrons. The highest BCUT2D eigenvalue weighted by atomic mass is 35.5. The summed E-state index contributed by atoms with van der Waals surface area (Å²) in [6.07, 6.45) is 5.94. The van der Waals surface area contributed by atoms with E-state index in [-0.39, 0.29) is 5.56 Å². The number of amides is 1. The molecule has 1 amide bonds. The fraction of sp³-hybridized carbons (Fsp3) is 0.111. The van der Waals surface area contributed by atoms with Gasteiger partial charge in [0.05, 0.1) is 35.6 Å². The third-order valence-corrected chi connectivity index (χ3v) is 3.90. The second-order valence-electron chi connectivity index (χ2n) is 5.59. The predicted octanol–water partition coefficient (Wildman–Crippen LogP) is 2.55. The van der Waals surface area contributed by atoms with Crippen LogP contribution in [0.5, 0.6) is 0 Å². The van der Waals surface area contributed by atoms with Crippen LogP contribution < -0.4 is 5.32 Å². The van der Waals surface area contributed by atoms with Crippen LogP contribution in [0.3, 0.4) is 0 Å². The lowest BCUT2D eigenvalue weighted by Gasteiger charge is -2.16. The van der Waals surface area contributed by atoms with Crippen molar-refractivity contribution >= 4 is 17.5 Å². The third kappa shape index (κ3) is 3.92. The number of nitriles is 2. The molecule has 1 N–H and O–H groups in total. The summed E-state index contributed by atoms with van der Waals surface area (Å²) in [7, 11) is 0. The molecule has 2 aromatic heterocycles. The van der Waals surface area contributed by atoms with E-state index in [1.165, 1.54) is 47.7 Å². The van der Waals surface area contributed by atoms with Crippen molar-refractivity contribution in [2.75, 3.05) is 0 Å². The van der Waals surface area contributed by atoms with Crippen LogP contribution in [0.2, 0.25) is 5.02 Å². The van der Waals surface area contributed by atoms with Crippen molar-refractivity contribution in [3.05, 3.63) is 70.4 Å². The minimum atomic E-state index is -0.513. The van der Waals surface area contributed by atoms with Crippen LogP contribution in [0.25, 0.3) is 5.82 Å². The molecule has 1 atom stereocenters. The number of nitrogens with one attached hydrogen (secondary N) is 1. The quantitative estimate of drug-likeness (QED) is 0.745. The molecule has 1 unspecified atom stereocenters. The lowest BCUT2D eigenvalue weighted by Crippen LogP contribution is -2.28. The molecule has 0 aliphatic carbocycles. The average molecular weight is 378 g/mol. The SMILES string of the molecule is CC(NC(=O)c1cc(Cl)cc(C#N)c1)c1nccnc1-n1cc(C#N)cn1. The van der Waals surface area contributed by atoms with Gasteiger partial charge >= 0.3 is 0 Å². The smallest absolute Gasteiger partial charge is 0.251 e. The van der Waals surface area contributed by atoms with Gasteiger partial charge in [0.25, 0.3) is 5.91 Å². The number of hydrogen-bond acceptors (Lipinski definition) is 6. The molecule has 8 nitrogen and oxygen atoms in total. The zero-order chi connectivity index (χ0) is 19.4. The van der Waals surface area contributed by atoms with Crippen molar-refractivity contribution < 1.29 is 4.79 Å². The van der Waals surface area contributed by atoms with Gasteiger partial charge in [-0.15, -0.1) is 0 Å². The summed E-state index contributed by atoms with van der Waals surface area (Å²) in [6.45, 7) is 1.75. The Morgan fingerprint density at radius 2 is 1.93 bits per heavy atom. The first-order chi connectivity index (χ1) is 13.0. The van der Waals surface area contributed by atoms with E-state index in [9.17, 15) is 4.79 Å². The molecule has 3 rings (SSSR count). The fourth-order valence-corrected chi connectivity index (χ4v) is 2.69. The van der Waals surface area contributed by atoms with Crippen LogP contribution in [0, 0.1) is 22.7 Å². The van der Waals surface area contributed by atoms with Gasteiger partial charge in [0.15, 0.2) is 5.82 Å². The number of halogens is 1. The number of aromatic nitrogens is 4. The Balaban J connectivity index is 1.88.